The fourth-order valence-electron chi connectivity index (χ4n) is 6.55. The van der Waals surface area contributed by atoms with Crippen molar-refractivity contribution in [2.75, 3.05) is 46.2 Å². The molecule has 11 heteroatoms. The van der Waals surface area contributed by atoms with Crippen molar-refractivity contribution in [1.82, 2.24) is 9.80 Å². The molecule has 4 atom stereocenters. The van der Waals surface area contributed by atoms with Crippen LogP contribution >= 0.6 is 0 Å². The Bertz CT molecular complexity index is 1310. The normalized spacial score (nSPS) is 26.6. The fraction of sp³-hybridized carbons (Fsp3) is 0.536. The summed E-state index contributed by atoms with van der Waals surface area (Å²) in [6, 6.07) is 0.771. The van der Waals surface area contributed by atoms with E-state index < -0.39 is 58.0 Å². The first-order valence-corrected chi connectivity index (χ1v) is 13.1. The second-order valence-corrected chi connectivity index (χ2v) is 11.1. The number of Topliss-reactive ketones (excluding diaryl/α,β-unsaturated/α-hetero) is 2. The van der Waals surface area contributed by atoms with E-state index in [1.165, 1.54) is 4.90 Å². The van der Waals surface area contributed by atoms with Crippen molar-refractivity contribution in [3.8, 4) is 5.75 Å². The van der Waals surface area contributed by atoms with E-state index in [4.69, 9.17) is 5.73 Å². The van der Waals surface area contributed by atoms with Gasteiger partial charge in [0.1, 0.15) is 22.8 Å². The van der Waals surface area contributed by atoms with Gasteiger partial charge < -0.3 is 31.1 Å². The lowest BCUT2D eigenvalue weighted by molar-refractivity contribution is -0.153. The number of rotatable bonds is 7. The predicted molar refractivity (Wildman–Crippen MR) is 145 cm³/mol. The molecule has 0 saturated heterocycles. The predicted octanol–water partition coefficient (Wildman–Crippen LogP) is 0.872. The highest BCUT2D eigenvalue weighted by Crippen LogP contribution is 2.54. The first kappa shape index (κ1) is 28.6. The van der Waals surface area contributed by atoms with E-state index in [0.29, 0.717) is 17.7 Å². The summed E-state index contributed by atoms with van der Waals surface area (Å²) >= 11 is 0. The average molecular weight is 543 g/mol. The van der Waals surface area contributed by atoms with Crippen LogP contribution in [0.3, 0.4) is 0 Å². The van der Waals surface area contributed by atoms with Crippen LogP contribution in [0.5, 0.6) is 5.75 Å². The van der Waals surface area contributed by atoms with Gasteiger partial charge in [0.05, 0.1) is 11.6 Å². The summed E-state index contributed by atoms with van der Waals surface area (Å²) in [5.74, 6) is -6.48. The van der Waals surface area contributed by atoms with E-state index >= 15 is 0 Å². The zero-order valence-corrected chi connectivity index (χ0v) is 23.3. The average Bonchev–Trinajstić information content (AvgIpc) is 2.85. The smallest absolute Gasteiger partial charge is 0.255 e. The Labute approximate surface area is 227 Å². The SMILES string of the molecule is CCN(CC)Cc1cc(N(C)C)c2c(c1O)C(O)=C1C(=O)[C@@]3(O)C(O)=C(C(N)=O)C(=O)C(N(C)C)[C@H]3C[C@H]1C2. The Kier molecular flexibility index (Phi) is 7.30. The van der Waals surface area contributed by atoms with Crippen molar-refractivity contribution >= 4 is 28.9 Å². The molecule has 1 aromatic rings. The second kappa shape index (κ2) is 9.96. The van der Waals surface area contributed by atoms with Crippen molar-refractivity contribution in [3.63, 3.8) is 0 Å². The van der Waals surface area contributed by atoms with Crippen molar-refractivity contribution in [3.05, 3.63) is 39.7 Å². The molecule has 1 saturated carbocycles. The molecule has 0 heterocycles. The number of primary amides is 1. The Morgan fingerprint density at radius 2 is 1.72 bits per heavy atom. The Hall–Kier alpha value is -3.41. The lowest BCUT2D eigenvalue weighted by Gasteiger charge is -2.50. The first-order valence-electron chi connectivity index (χ1n) is 13.1. The van der Waals surface area contributed by atoms with Gasteiger partial charge in [-0.25, -0.2) is 0 Å². The molecule has 1 unspecified atom stereocenters. The standard InChI is InChI=1S/C28H38N4O7/c1-7-32(8-2)12-14-11-17(30(3)4)15-9-13-10-16-21(31(5)6)24(35)20(27(29)38)26(37)28(16,39)25(36)18(13)23(34)19(15)22(14)33/h11,13,16,21,33-34,37,39H,7-10,12H2,1-6H3,(H2,29,38)/t13-,16-,21?,28-/m1/s1. The minimum Gasteiger partial charge on any atom is -0.508 e. The quantitative estimate of drug-likeness (QED) is 0.312. The number of aromatic hydroxyl groups is 1. The summed E-state index contributed by atoms with van der Waals surface area (Å²) in [5, 5.41) is 45.7. The molecule has 4 rings (SSSR count). The number of aliphatic hydroxyl groups excluding tert-OH is 2. The molecular weight excluding hydrogens is 504 g/mol. The number of phenolic OH excluding ortho intramolecular Hbond substituents is 1. The van der Waals surface area contributed by atoms with E-state index in [-0.39, 0.29) is 29.7 Å². The van der Waals surface area contributed by atoms with Gasteiger partial charge in [-0.15, -0.1) is 0 Å². The number of aliphatic hydroxyl groups is 3. The molecule has 39 heavy (non-hydrogen) atoms. The maximum absolute atomic E-state index is 14.0. The minimum atomic E-state index is -2.65. The maximum Gasteiger partial charge on any atom is 0.255 e. The highest BCUT2D eigenvalue weighted by Gasteiger charge is 2.64. The number of phenols is 1. The van der Waals surface area contributed by atoms with E-state index in [1.54, 1.807) is 14.1 Å². The summed E-state index contributed by atoms with van der Waals surface area (Å²) < 4.78 is 0. The van der Waals surface area contributed by atoms with Crippen molar-refractivity contribution in [2.24, 2.45) is 17.6 Å². The lowest BCUT2D eigenvalue weighted by atomic mass is 9.57. The third kappa shape index (κ3) is 4.11. The monoisotopic (exact) mass is 542 g/mol. The summed E-state index contributed by atoms with van der Waals surface area (Å²) in [6.07, 6.45) is 0.307. The first-order chi connectivity index (χ1) is 18.2. The topological polar surface area (TPSA) is 168 Å². The van der Waals surface area contributed by atoms with Crippen LogP contribution in [0.2, 0.25) is 0 Å². The largest absolute Gasteiger partial charge is 0.508 e. The molecule has 3 aliphatic rings. The van der Waals surface area contributed by atoms with Gasteiger partial charge in [-0.1, -0.05) is 13.8 Å². The van der Waals surface area contributed by atoms with E-state index in [1.807, 2.05) is 38.9 Å². The Morgan fingerprint density at radius 1 is 1.10 bits per heavy atom. The zero-order chi connectivity index (χ0) is 29.1. The molecule has 0 aromatic heterocycles. The molecule has 6 N–H and O–H groups in total. The van der Waals surface area contributed by atoms with Crippen molar-refractivity contribution in [1.29, 1.82) is 0 Å². The number of anilines is 1. The van der Waals surface area contributed by atoms with Gasteiger partial charge in [0.2, 0.25) is 5.78 Å². The fourth-order valence-corrected chi connectivity index (χ4v) is 6.55. The number of ketones is 2. The van der Waals surface area contributed by atoms with Gasteiger partial charge in [0.25, 0.3) is 5.91 Å². The number of fused-ring (bicyclic) bond motifs is 3. The molecule has 11 nitrogen and oxygen atoms in total. The van der Waals surface area contributed by atoms with Crippen LogP contribution in [0.15, 0.2) is 23.0 Å². The number of carbonyl (C=O) groups excluding carboxylic acids is 3. The molecule has 212 valence electrons. The van der Waals surface area contributed by atoms with Crippen LogP contribution in [0.25, 0.3) is 5.76 Å². The van der Waals surface area contributed by atoms with E-state index in [0.717, 1.165) is 18.8 Å². The van der Waals surface area contributed by atoms with Crippen LogP contribution in [0.4, 0.5) is 5.69 Å². The molecule has 1 fully saturated rings. The van der Waals surface area contributed by atoms with Crippen LogP contribution in [-0.4, -0.2) is 101 Å². The van der Waals surface area contributed by atoms with Gasteiger partial charge in [-0.05, 0) is 57.6 Å². The molecule has 0 spiro atoms. The third-order valence-electron chi connectivity index (χ3n) is 8.55. The van der Waals surface area contributed by atoms with Crippen LogP contribution in [0, 0.1) is 11.8 Å². The minimum absolute atomic E-state index is 0.0561. The molecule has 0 aliphatic heterocycles. The third-order valence-corrected chi connectivity index (χ3v) is 8.55. The lowest BCUT2D eigenvalue weighted by Crippen LogP contribution is -2.65. The number of hydrogen-bond donors (Lipinski definition) is 5. The van der Waals surface area contributed by atoms with Crippen molar-refractivity contribution in [2.45, 2.75) is 44.9 Å². The molecule has 1 aromatic carbocycles. The highest BCUT2D eigenvalue weighted by molar-refractivity contribution is 6.24. The molecule has 1 amide bonds. The number of carbonyl (C=O) groups is 3. The Balaban J connectivity index is 1.97. The van der Waals surface area contributed by atoms with Crippen LogP contribution in [-0.2, 0) is 27.3 Å². The highest BCUT2D eigenvalue weighted by atomic mass is 16.3. The van der Waals surface area contributed by atoms with E-state index in [2.05, 4.69) is 4.90 Å². The summed E-state index contributed by atoms with van der Waals surface area (Å²) in [6.45, 7) is 5.91. The van der Waals surface area contributed by atoms with Gasteiger partial charge in [-0.3, -0.25) is 24.2 Å². The molecular formula is C28H38N4O7. The maximum atomic E-state index is 14.0. The number of likely N-dealkylation sites (N-methyl/N-ethyl adjacent to an activating group) is 1. The second-order valence-electron chi connectivity index (χ2n) is 11.1. The Morgan fingerprint density at radius 3 is 2.23 bits per heavy atom. The van der Waals surface area contributed by atoms with Gasteiger partial charge >= 0.3 is 0 Å². The number of nitrogens with zero attached hydrogens (tertiary/aromatic N) is 3. The molecule has 0 bridgehead atoms. The van der Waals surface area contributed by atoms with Gasteiger partial charge in [-0.2, -0.15) is 0 Å². The summed E-state index contributed by atoms with van der Waals surface area (Å²) in [5.41, 5.74) is 3.85. The van der Waals surface area contributed by atoms with Gasteiger partial charge in [0, 0.05) is 43.4 Å². The number of amides is 1. The zero-order valence-electron chi connectivity index (χ0n) is 23.3. The van der Waals surface area contributed by atoms with Crippen LogP contribution < -0.4 is 10.6 Å². The number of benzene rings is 1. The van der Waals surface area contributed by atoms with Gasteiger partial charge in [0.15, 0.2) is 11.4 Å². The van der Waals surface area contributed by atoms with Crippen molar-refractivity contribution < 1.29 is 34.8 Å². The summed E-state index contributed by atoms with van der Waals surface area (Å²) in [4.78, 5) is 44.9. The summed E-state index contributed by atoms with van der Waals surface area (Å²) in [7, 11) is 6.86. The molecule has 0 radical (unpaired) electrons. The van der Waals surface area contributed by atoms with E-state index in [9.17, 15) is 34.8 Å². The number of nitrogens with two attached hydrogens (primary N) is 1. The molecule has 3 aliphatic carbocycles. The number of hydrogen-bond acceptors (Lipinski definition) is 10. The van der Waals surface area contributed by atoms with Crippen LogP contribution in [0.1, 0.15) is 37.0 Å².